The molecule has 3 aromatic heterocycles. The predicted molar refractivity (Wildman–Crippen MR) is 76.6 cm³/mol. The summed E-state index contributed by atoms with van der Waals surface area (Å²) >= 11 is 3.13. The van der Waals surface area contributed by atoms with Crippen molar-refractivity contribution >= 4 is 42.8 Å². The highest BCUT2D eigenvalue weighted by molar-refractivity contribution is 9.10. The number of pyridine rings is 1. The Labute approximate surface area is 122 Å². The summed E-state index contributed by atoms with van der Waals surface area (Å²) in [5.41, 5.74) is 0.509. The second kappa shape index (κ2) is 4.84. The van der Waals surface area contributed by atoms with Crippen LogP contribution in [0.5, 0.6) is 0 Å². The molecule has 0 radical (unpaired) electrons. The minimum atomic E-state index is -3.75. The number of sulfonamides is 1. The molecule has 0 aliphatic carbocycles. The topological polar surface area (TPSA) is 101 Å². The summed E-state index contributed by atoms with van der Waals surface area (Å²) in [5.74, 6) is 0.145. The van der Waals surface area contributed by atoms with Gasteiger partial charge in [0.05, 0.1) is 12.4 Å². The number of rotatable bonds is 3. The summed E-state index contributed by atoms with van der Waals surface area (Å²) in [6.45, 7) is 0. The van der Waals surface area contributed by atoms with Crippen LogP contribution in [0.4, 0.5) is 5.82 Å². The van der Waals surface area contributed by atoms with Crippen LogP contribution < -0.4 is 4.72 Å². The standard InChI is InChI=1S/C11H8BrN5O2S/c12-9-5-15-10(6-14-9)17-20(18,19)8-4-16-11-7(8)2-1-3-13-11/h1-6H,(H,13,16)(H,15,17). The average molecular weight is 354 g/mol. The number of hydrogen-bond donors (Lipinski definition) is 2. The van der Waals surface area contributed by atoms with E-state index in [0.29, 0.717) is 15.6 Å². The molecule has 3 heterocycles. The summed E-state index contributed by atoms with van der Waals surface area (Å²) in [6, 6.07) is 3.36. The highest BCUT2D eigenvalue weighted by Gasteiger charge is 2.19. The lowest BCUT2D eigenvalue weighted by Crippen LogP contribution is -2.13. The van der Waals surface area contributed by atoms with E-state index in [2.05, 4.69) is 40.6 Å². The van der Waals surface area contributed by atoms with Crippen LogP contribution in [0.3, 0.4) is 0 Å². The van der Waals surface area contributed by atoms with Crippen molar-refractivity contribution in [3.8, 4) is 0 Å². The molecule has 0 aromatic carbocycles. The molecule has 0 fully saturated rings. The molecule has 0 spiro atoms. The summed E-state index contributed by atoms with van der Waals surface area (Å²) in [4.78, 5) is 14.8. The van der Waals surface area contributed by atoms with Gasteiger partial charge in [0, 0.05) is 17.8 Å². The Morgan fingerprint density at radius 1 is 1.20 bits per heavy atom. The molecule has 9 heteroatoms. The lowest BCUT2D eigenvalue weighted by atomic mass is 10.3. The lowest BCUT2D eigenvalue weighted by Gasteiger charge is -2.05. The third kappa shape index (κ3) is 2.37. The third-order valence-electron chi connectivity index (χ3n) is 2.56. The Balaban J connectivity index is 2.01. The number of nitrogens with zero attached hydrogens (tertiary/aromatic N) is 3. The van der Waals surface area contributed by atoms with Crippen LogP contribution in [0.1, 0.15) is 0 Å². The zero-order valence-corrected chi connectivity index (χ0v) is 12.3. The van der Waals surface area contributed by atoms with Gasteiger partial charge >= 0.3 is 0 Å². The van der Waals surface area contributed by atoms with Gasteiger partial charge in [-0.05, 0) is 28.1 Å². The maximum atomic E-state index is 12.3. The molecule has 0 amide bonds. The van der Waals surface area contributed by atoms with Gasteiger partial charge in [-0.25, -0.2) is 23.4 Å². The first-order valence-electron chi connectivity index (χ1n) is 5.49. The van der Waals surface area contributed by atoms with E-state index in [0.717, 1.165) is 0 Å². The van der Waals surface area contributed by atoms with Crippen LogP contribution in [0.25, 0.3) is 11.0 Å². The van der Waals surface area contributed by atoms with E-state index in [1.807, 2.05) is 0 Å². The van der Waals surface area contributed by atoms with Crippen molar-refractivity contribution in [3.63, 3.8) is 0 Å². The van der Waals surface area contributed by atoms with Gasteiger partial charge in [-0.1, -0.05) is 0 Å². The average Bonchev–Trinajstić information content (AvgIpc) is 2.86. The monoisotopic (exact) mass is 353 g/mol. The van der Waals surface area contributed by atoms with Gasteiger partial charge in [-0.2, -0.15) is 0 Å². The molecule has 0 bridgehead atoms. The molecule has 102 valence electrons. The first-order valence-corrected chi connectivity index (χ1v) is 7.76. The van der Waals surface area contributed by atoms with E-state index in [-0.39, 0.29) is 10.7 Å². The molecular formula is C11H8BrN5O2S. The number of anilines is 1. The molecular weight excluding hydrogens is 346 g/mol. The smallest absolute Gasteiger partial charge is 0.265 e. The van der Waals surface area contributed by atoms with Gasteiger partial charge in [0.1, 0.15) is 15.1 Å². The lowest BCUT2D eigenvalue weighted by molar-refractivity contribution is 0.602. The maximum absolute atomic E-state index is 12.3. The number of fused-ring (bicyclic) bond motifs is 1. The van der Waals surface area contributed by atoms with Crippen molar-refractivity contribution in [2.24, 2.45) is 0 Å². The van der Waals surface area contributed by atoms with Crippen LogP contribution in [0.2, 0.25) is 0 Å². The van der Waals surface area contributed by atoms with Crippen molar-refractivity contribution in [1.82, 2.24) is 19.9 Å². The summed E-state index contributed by atoms with van der Waals surface area (Å²) in [7, 11) is -3.75. The zero-order valence-electron chi connectivity index (χ0n) is 9.91. The number of halogens is 1. The van der Waals surface area contributed by atoms with Crippen molar-refractivity contribution in [2.75, 3.05) is 4.72 Å². The number of nitrogens with one attached hydrogen (secondary N) is 2. The Hall–Kier alpha value is -2.00. The second-order valence-corrected chi connectivity index (χ2v) is 6.35. The number of aromatic amines is 1. The van der Waals surface area contributed by atoms with Gasteiger partial charge in [0.2, 0.25) is 0 Å². The molecule has 2 N–H and O–H groups in total. The van der Waals surface area contributed by atoms with Gasteiger partial charge in [-0.3, -0.25) is 4.72 Å². The van der Waals surface area contributed by atoms with Crippen molar-refractivity contribution < 1.29 is 8.42 Å². The summed E-state index contributed by atoms with van der Waals surface area (Å²) < 4.78 is 27.5. The van der Waals surface area contributed by atoms with E-state index in [9.17, 15) is 8.42 Å². The number of aromatic nitrogens is 4. The van der Waals surface area contributed by atoms with Crippen LogP contribution in [0.15, 0.2) is 46.4 Å². The van der Waals surface area contributed by atoms with Crippen LogP contribution in [-0.2, 0) is 10.0 Å². The normalized spacial score (nSPS) is 11.7. The first kappa shape index (κ1) is 13.0. The van der Waals surface area contributed by atoms with E-state index < -0.39 is 10.0 Å². The Kier molecular flexibility index (Phi) is 3.14. The fourth-order valence-electron chi connectivity index (χ4n) is 1.71. The highest BCUT2D eigenvalue weighted by Crippen LogP contribution is 2.22. The van der Waals surface area contributed by atoms with Gasteiger partial charge in [0.25, 0.3) is 10.0 Å². The zero-order chi connectivity index (χ0) is 14.2. The molecule has 0 atom stereocenters. The first-order chi connectivity index (χ1) is 9.56. The molecule has 0 aliphatic heterocycles. The molecule has 0 aliphatic rings. The molecule has 3 rings (SSSR count). The Bertz CT molecular complexity index is 860. The van der Waals surface area contributed by atoms with Crippen LogP contribution >= 0.6 is 15.9 Å². The quantitative estimate of drug-likeness (QED) is 0.748. The van der Waals surface area contributed by atoms with Gasteiger partial charge < -0.3 is 4.98 Å². The van der Waals surface area contributed by atoms with E-state index in [1.165, 1.54) is 18.6 Å². The van der Waals surface area contributed by atoms with Gasteiger partial charge in [0.15, 0.2) is 5.82 Å². The Morgan fingerprint density at radius 3 is 2.80 bits per heavy atom. The third-order valence-corrected chi connectivity index (χ3v) is 4.37. The molecule has 3 aromatic rings. The fraction of sp³-hybridized carbons (Fsp3) is 0. The van der Waals surface area contributed by atoms with Crippen molar-refractivity contribution in [1.29, 1.82) is 0 Å². The minimum Gasteiger partial charge on any atom is -0.345 e. The SMILES string of the molecule is O=S(=O)(Nc1cnc(Br)cn1)c1c[nH]c2ncccc12. The Morgan fingerprint density at radius 2 is 2.05 bits per heavy atom. The van der Waals surface area contributed by atoms with Crippen molar-refractivity contribution in [3.05, 3.63) is 41.5 Å². The number of H-pyrrole nitrogens is 1. The van der Waals surface area contributed by atoms with Crippen molar-refractivity contribution in [2.45, 2.75) is 4.90 Å². The van der Waals surface area contributed by atoms with E-state index in [4.69, 9.17) is 0 Å². The summed E-state index contributed by atoms with van der Waals surface area (Å²) in [5, 5.41) is 0.519. The predicted octanol–water partition coefficient (Wildman–Crippen LogP) is 1.92. The summed E-state index contributed by atoms with van der Waals surface area (Å²) in [6.07, 6.45) is 5.72. The number of hydrogen-bond acceptors (Lipinski definition) is 5. The minimum absolute atomic E-state index is 0.116. The van der Waals surface area contributed by atoms with Crippen LogP contribution in [0, 0.1) is 0 Å². The van der Waals surface area contributed by atoms with E-state index in [1.54, 1.807) is 18.3 Å². The molecule has 0 saturated heterocycles. The molecule has 20 heavy (non-hydrogen) atoms. The van der Waals surface area contributed by atoms with Gasteiger partial charge in [-0.15, -0.1) is 0 Å². The van der Waals surface area contributed by atoms with E-state index >= 15 is 0 Å². The molecule has 0 saturated carbocycles. The fourth-order valence-corrected chi connectivity index (χ4v) is 3.07. The highest BCUT2D eigenvalue weighted by atomic mass is 79.9. The largest absolute Gasteiger partial charge is 0.345 e. The van der Waals surface area contributed by atoms with Crippen LogP contribution in [-0.4, -0.2) is 28.4 Å². The second-order valence-electron chi connectivity index (χ2n) is 3.88. The molecule has 0 unspecified atom stereocenters. The maximum Gasteiger partial charge on any atom is 0.265 e. The molecule has 7 nitrogen and oxygen atoms in total.